The topological polar surface area (TPSA) is 122 Å². The van der Waals surface area contributed by atoms with Crippen LogP contribution in [0.4, 0.5) is 17.6 Å². The van der Waals surface area contributed by atoms with Gasteiger partial charge in [0.2, 0.25) is 5.95 Å². The lowest BCUT2D eigenvalue weighted by Gasteiger charge is -2.36. The summed E-state index contributed by atoms with van der Waals surface area (Å²) in [6.45, 7) is 7.15. The largest absolute Gasteiger partial charge is 0.402 e. The van der Waals surface area contributed by atoms with Gasteiger partial charge < -0.3 is 21.3 Å². The first-order valence-corrected chi connectivity index (χ1v) is 8.98. The van der Waals surface area contributed by atoms with Gasteiger partial charge in [-0.2, -0.15) is 19.9 Å². The second-order valence-electron chi connectivity index (χ2n) is 6.31. The van der Waals surface area contributed by atoms with Crippen molar-refractivity contribution in [2.45, 2.75) is 20.3 Å². The summed E-state index contributed by atoms with van der Waals surface area (Å²) in [5.41, 5.74) is 13.3. The molecule has 3 heterocycles. The van der Waals surface area contributed by atoms with E-state index in [9.17, 15) is 0 Å². The first-order chi connectivity index (χ1) is 13.0. The van der Waals surface area contributed by atoms with Gasteiger partial charge in [0.1, 0.15) is 11.7 Å². The molecule has 142 valence electrons. The van der Waals surface area contributed by atoms with Crippen molar-refractivity contribution >= 4 is 23.4 Å². The molecule has 9 heteroatoms. The molecule has 0 unspecified atom stereocenters. The molecule has 4 N–H and O–H groups in total. The average Bonchev–Trinajstić information content (AvgIpc) is 2.68. The molecule has 0 aliphatic carbocycles. The number of hydrogen-bond acceptors (Lipinski definition) is 8. The number of aliphatic imine (C=N–C) groups is 1. The Morgan fingerprint density at radius 2 is 1.74 bits per heavy atom. The lowest BCUT2D eigenvalue weighted by Crippen LogP contribution is -2.47. The van der Waals surface area contributed by atoms with E-state index in [0.29, 0.717) is 29.8 Å². The second kappa shape index (κ2) is 8.43. The van der Waals surface area contributed by atoms with Gasteiger partial charge in [-0.1, -0.05) is 6.92 Å². The molecule has 27 heavy (non-hydrogen) atoms. The van der Waals surface area contributed by atoms with Crippen molar-refractivity contribution < 1.29 is 0 Å². The number of nitrogens with zero attached hydrogens (tertiary/aromatic N) is 7. The van der Waals surface area contributed by atoms with Crippen LogP contribution >= 0.6 is 0 Å². The van der Waals surface area contributed by atoms with Gasteiger partial charge in [0.05, 0.1) is 0 Å². The first kappa shape index (κ1) is 18.6. The third-order valence-electron chi connectivity index (χ3n) is 4.17. The molecule has 1 saturated heterocycles. The Hall–Kier alpha value is -3.23. The molecule has 9 nitrogen and oxygen atoms in total. The Morgan fingerprint density at radius 3 is 2.37 bits per heavy atom. The summed E-state index contributed by atoms with van der Waals surface area (Å²) in [7, 11) is 0. The fourth-order valence-electron chi connectivity index (χ4n) is 2.85. The standard InChI is InChI=1S/C18H25N9/c1-3-16-23-17(22-15(20)12-13(2)19)25-18(24-16)27-10-8-26(9-11-27)14-4-6-21-7-5-14/h4-7,12H,3,8-11,19H2,1-2H3,(H2,20,22,23,24,25)/b13-12-. The Bertz CT molecular complexity index is 820. The number of hydrogen-bond donors (Lipinski definition) is 2. The van der Waals surface area contributed by atoms with E-state index >= 15 is 0 Å². The van der Waals surface area contributed by atoms with Crippen LogP contribution in [0, 0.1) is 0 Å². The molecule has 3 rings (SSSR count). The van der Waals surface area contributed by atoms with E-state index < -0.39 is 0 Å². The third-order valence-corrected chi connectivity index (χ3v) is 4.17. The molecule has 0 amide bonds. The van der Waals surface area contributed by atoms with Crippen molar-refractivity contribution in [3.63, 3.8) is 0 Å². The summed E-state index contributed by atoms with van der Waals surface area (Å²) < 4.78 is 0. The van der Waals surface area contributed by atoms with Crippen LogP contribution in [0.2, 0.25) is 0 Å². The van der Waals surface area contributed by atoms with E-state index in [0.717, 1.165) is 26.2 Å². The predicted molar refractivity (Wildman–Crippen MR) is 107 cm³/mol. The summed E-state index contributed by atoms with van der Waals surface area (Å²) in [4.78, 5) is 26.2. The lowest BCUT2D eigenvalue weighted by molar-refractivity contribution is 0.635. The van der Waals surface area contributed by atoms with Crippen LogP contribution in [0.3, 0.4) is 0 Å². The molecule has 1 aliphatic heterocycles. The fraction of sp³-hybridized carbons (Fsp3) is 0.389. The first-order valence-electron chi connectivity index (χ1n) is 8.98. The van der Waals surface area contributed by atoms with Crippen molar-refractivity contribution in [1.29, 1.82) is 0 Å². The SMILES string of the molecule is CCc1nc(/N=C(N)/C=C(/C)N)nc(N2CCN(c3ccncc3)CC2)n1. The highest BCUT2D eigenvalue weighted by molar-refractivity contribution is 5.93. The van der Waals surface area contributed by atoms with Gasteiger partial charge in [-0.05, 0) is 25.1 Å². The number of rotatable bonds is 5. The van der Waals surface area contributed by atoms with Crippen molar-refractivity contribution in [1.82, 2.24) is 19.9 Å². The molecule has 0 radical (unpaired) electrons. The molecule has 0 saturated carbocycles. The van der Waals surface area contributed by atoms with Gasteiger partial charge >= 0.3 is 0 Å². The van der Waals surface area contributed by atoms with Gasteiger partial charge in [0.25, 0.3) is 5.95 Å². The normalized spacial score (nSPS) is 15.9. The number of allylic oxidation sites excluding steroid dienone is 1. The van der Waals surface area contributed by atoms with Crippen LogP contribution in [0.1, 0.15) is 19.7 Å². The molecule has 2 aromatic rings. The zero-order valence-electron chi connectivity index (χ0n) is 15.7. The van der Waals surface area contributed by atoms with Gasteiger partial charge in [0.15, 0.2) is 0 Å². The number of pyridine rings is 1. The molecule has 0 atom stereocenters. The number of nitrogens with two attached hydrogens (primary N) is 2. The Kier molecular flexibility index (Phi) is 5.80. The van der Waals surface area contributed by atoms with Crippen LogP contribution in [-0.2, 0) is 6.42 Å². The van der Waals surface area contributed by atoms with E-state index in [1.165, 1.54) is 5.69 Å². The average molecular weight is 367 g/mol. The van der Waals surface area contributed by atoms with Crippen molar-refractivity contribution in [2.24, 2.45) is 16.5 Å². The van der Waals surface area contributed by atoms with Crippen molar-refractivity contribution in [2.75, 3.05) is 36.0 Å². The Labute approximate surface area is 158 Å². The Morgan fingerprint density at radius 1 is 1.07 bits per heavy atom. The van der Waals surface area contributed by atoms with Gasteiger partial charge in [0, 0.05) is 56.4 Å². The third kappa shape index (κ3) is 4.90. The zero-order valence-corrected chi connectivity index (χ0v) is 15.7. The molecule has 2 aromatic heterocycles. The highest BCUT2D eigenvalue weighted by atomic mass is 15.3. The summed E-state index contributed by atoms with van der Waals surface area (Å²) in [6, 6.07) is 4.05. The number of piperazine rings is 1. The minimum atomic E-state index is 0.275. The van der Waals surface area contributed by atoms with Crippen LogP contribution in [-0.4, -0.2) is 52.0 Å². The van der Waals surface area contributed by atoms with Crippen molar-refractivity contribution in [3.05, 3.63) is 42.1 Å². The Balaban J connectivity index is 1.77. The van der Waals surface area contributed by atoms with E-state index in [-0.39, 0.29) is 5.84 Å². The number of aromatic nitrogens is 4. The molecular weight excluding hydrogens is 342 g/mol. The van der Waals surface area contributed by atoms with E-state index in [4.69, 9.17) is 11.5 Å². The molecule has 0 bridgehead atoms. The molecular formula is C18H25N9. The minimum Gasteiger partial charge on any atom is -0.402 e. The number of anilines is 2. The maximum atomic E-state index is 5.88. The van der Waals surface area contributed by atoms with E-state index in [1.54, 1.807) is 13.0 Å². The summed E-state index contributed by atoms with van der Waals surface area (Å²) in [6.07, 6.45) is 5.91. The summed E-state index contributed by atoms with van der Waals surface area (Å²) in [5, 5.41) is 0. The van der Waals surface area contributed by atoms with Gasteiger partial charge in [-0.15, -0.1) is 0 Å². The van der Waals surface area contributed by atoms with Crippen LogP contribution in [0.5, 0.6) is 0 Å². The quantitative estimate of drug-likeness (QED) is 0.593. The maximum Gasteiger partial charge on any atom is 0.256 e. The lowest BCUT2D eigenvalue weighted by atomic mass is 10.3. The highest BCUT2D eigenvalue weighted by Gasteiger charge is 2.20. The van der Waals surface area contributed by atoms with Crippen molar-refractivity contribution in [3.8, 4) is 0 Å². The smallest absolute Gasteiger partial charge is 0.256 e. The van der Waals surface area contributed by atoms with E-state index in [1.807, 2.05) is 31.5 Å². The fourth-order valence-corrected chi connectivity index (χ4v) is 2.85. The summed E-state index contributed by atoms with van der Waals surface area (Å²) >= 11 is 0. The monoisotopic (exact) mass is 367 g/mol. The molecule has 1 aliphatic rings. The van der Waals surface area contributed by atoms with Crippen LogP contribution in [0.15, 0.2) is 41.3 Å². The number of amidine groups is 1. The minimum absolute atomic E-state index is 0.275. The molecule has 1 fully saturated rings. The molecule has 0 spiro atoms. The maximum absolute atomic E-state index is 5.88. The van der Waals surface area contributed by atoms with E-state index in [2.05, 4.69) is 34.7 Å². The van der Waals surface area contributed by atoms with Gasteiger partial charge in [-0.25, -0.2) is 0 Å². The van der Waals surface area contributed by atoms with Crippen LogP contribution < -0.4 is 21.3 Å². The zero-order chi connectivity index (χ0) is 19.2. The molecule has 0 aromatic carbocycles. The highest BCUT2D eigenvalue weighted by Crippen LogP contribution is 2.19. The summed E-state index contributed by atoms with van der Waals surface area (Å²) in [5.74, 6) is 1.91. The predicted octanol–water partition coefficient (Wildman–Crippen LogP) is 1.01. The van der Waals surface area contributed by atoms with Crippen LogP contribution in [0.25, 0.3) is 0 Å². The second-order valence-corrected chi connectivity index (χ2v) is 6.31. The number of aryl methyl sites for hydroxylation is 1. The van der Waals surface area contributed by atoms with Gasteiger partial charge in [-0.3, -0.25) is 4.98 Å².